The number of amides is 1. The summed E-state index contributed by atoms with van der Waals surface area (Å²) < 4.78 is 1.54. The van der Waals surface area contributed by atoms with Crippen molar-refractivity contribution in [2.24, 2.45) is 0 Å². The molecule has 178 valence electrons. The Morgan fingerprint density at radius 3 is 2.38 bits per heavy atom. The highest BCUT2D eigenvalue weighted by atomic mass is 16.2. The van der Waals surface area contributed by atoms with Crippen LogP contribution in [0.25, 0.3) is 0 Å². The fraction of sp³-hybridized carbons (Fsp3) is 0.600. The summed E-state index contributed by atoms with van der Waals surface area (Å²) in [6, 6.07) is 6.48. The van der Waals surface area contributed by atoms with Gasteiger partial charge in [-0.3, -0.25) is 19.4 Å². The Balaban J connectivity index is 0.000000336. The fourth-order valence-electron chi connectivity index (χ4n) is 4.20. The summed E-state index contributed by atoms with van der Waals surface area (Å²) in [6.45, 7) is 9.26. The van der Waals surface area contributed by atoms with Crippen molar-refractivity contribution in [1.82, 2.24) is 20.0 Å². The van der Waals surface area contributed by atoms with Gasteiger partial charge < -0.3 is 15.5 Å². The Bertz CT molecular complexity index is 923. The van der Waals surface area contributed by atoms with Gasteiger partial charge in [0, 0.05) is 36.1 Å². The summed E-state index contributed by atoms with van der Waals surface area (Å²) in [7, 11) is 4.38. The van der Waals surface area contributed by atoms with Gasteiger partial charge in [0.1, 0.15) is 0 Å². The molecule has 0 radical (unpaired) electrons. The maximum absolute atomic E-state index is 12.4. The third kappa shape index (κ3) is 6.73. The largest absolute Gasteiger partial charge is 0.385 e. The average Bonchev–Trinajstić information content (AvgIpc) is 3.07. The first kappa shape index (κ1) is 25.7. The van der Waals surface area contributed by atoms with E-state index in [9.17, 15) is 9.59 Å². The van der Waals surface area contributed by atoms with Crippen molar-refractivity contribution in [3.05, 3.63) is 50.9 Å². The lowest BCUT2D eigenvalue weighted by Crippen LogP contribution is -2.29. The summed E-state index contributed by atoms with van der Waals surface area (Å²) in [5, 5.41) is 9.09. The number of H-pyrrole nitrogens is 1. The van der Waals surface area contributed by atoms with Gasteiger partial charge in [0.25, 0.3) is 11.5 Å². The van der Waals surface area contributed by atoms with Crippen LogP contribution < -0.4 is 16.2 Å². The van der Waals surface area contributed by atoms with E-state index >= 15 is 0 Å². The van der Waals surface area contributed by atoms with Crippen LogP contribution in [-0.2, 0) is 13.1 Å². The fourth-order valence-corrected chi connectivity index (χ4v) is 4.20. The number of aromatic nitrogens is 2. The second-order valence-corrected chi connectivity index (χ2v) is 8.71. The van der Waals surface area contributed by atoms with Gasteiger partial charge in [0.15, 0.2) is 0 Å². The molecule has 0 unspecified atom stereocenters. The van der Waals surface area contributed by atoms with Gasteiger partial charge in [-0.2, -0.15) is 0 Å². The Morgan fingerprint density at radius 1 is 1.16 bits per heavy atom. The number of aromatic amines is 1. The van der Waals surface area contributed by atoms with E-state index in [0.29, 0.717) is 17.7 Å². The molecule has 1 saturated carbocycles. The molecule has 0 spiro atoms. The highest BCUT2D eigenvalue weighted by Gasteiger charge is 2.15. The Morgan fingerprint density at radius 2 is 1.84 bits per heavy atom. The van der Waals surface area contributed by atoms with E-state index in [1.54, 1.807) is 6.07 Å². The monoisotopic (exact) mass is 443 g/mol. The molecule has 0 bridgehead atoms. The number of nitrogens with one attached hydrogen (secondary N) is 3. The topological polar surface area (TPSA) is 82.2 Å². The molecule has 1 fully saturated rings. The third-order valence-corrected chi connectivity index (χ3v) is 6.25. The van der Waals surface area contributed by atoms with E-state index in [-0.39, 0.29) is 18.0 Å². The lowest BCUT2D eigenvalue weighted by molar-refractivity contribution is 0.0950. The molecule has 0 aliphatic heterocycles. The molecule has 32 heavy (non-hydrogen) atoms. The first-order valence-corrected chi connectivity index (χ1v) is 11.9. The van der Waals surface area contributed by atoms with Gasteiger partial charge in [-0.25, -0.2) is 0 Å². The first-order valence-electron chi connectivity index (χ1n) is 11.9. The molecule has 2 aromatic rings. The second kappa shape index (κ2) is 12.5. The van der Waals surface area contributed by atoms with Crippen LogP contribution >= 0.6 is 0 Å². The summed E-state index contributed by atoms with van der Waals surface area (Å²) in [4.78, 5) is 26.9. The van der Waals surface area contributed by atoms with Crippen molar-refractivity contribution < 1.29 is 4.79 Å². The molecule has 1 aliphatic carbocycles. The zero-order valence-electron chi connectivity index (χ0n) is 20.7. The van der Waals surface area contributed by atoms with Gasteiger partial charge in [-0.15, -0.1) is 0 Å². The molecule has 1 amide bonds. The molecule has 0 atom stereocenters. The lowest BCUT2D eigenvalue weighted by Gasteiger charge is -2.27. The number of anilines is 1. The van der Waals surface area contributed by atoms with E-state index < -0.39 is 0 Å². The Labute approximate surface area is 192 Å². The molecule has 1 aromatic heterocycles. The smallest absolute Gasteiger partial charge is 0.271 e. The molecule has 3 rings (SSSR count). The highest BCUT2D eigenvalue weighted by molar-refractivity contribution is 5.97. The van der Waals surface area contributed by atoms with Crippen LogP contribution in [0.2, 0.25) is 0 Å². The SMILES string of the molecule is CCNc1cccc(C(=O)NCc2c(C)[nH]n(CC)c2=O)c1C.CN(C)C1CCCCC1. The van der Waals surface area contributed by atoms with Crippen LogP contribution in [-0.4, -0.2) is 47.3 Å². The van der Waals surface area contributed by atoms with Gasteiger partial charge in [0.2, 0.25) is 0 Å². The number of carbonyl (C=O) groups excluding carboxylic acids is 1. The van der Waals surface area contributed by atoms with Crippen molar-refractivity contribution >= 4 is 11.6 Å². The van der Waals surface area contributed by atoms with Crippen LogP contribution in [0.15, 0.2) is 23.0 Å². The number of carbonyl (C=O) groups is 1. The van der Waals surface area contributed by atoms with Crippen molar-refractivity contribution in [1.29, 1.82) is 0 Å². The standard InChI is InChI=1S/C17H24N4O2.C8H17N/c1-5-18-15-9-7-8-13(11(15)3)16(22)19-10-14-12(4)20-21(6-2)17(14)23;1-9(2)8-6-4-3-5-7-8/h7-9,18,20H,5-6,10H2,1-4H3,(H,19,22);8H,3-7H2,1-2H3. The highest BCUT2D eigenvalue weighted by Crippen LogP contribution is 2.20. The van der Waals surface area contributed by atoms with Gasteiger partial charge in [-0.05, 0) is 72.3 Å². The normalized spacial score (nSPS) is 14.1. The quantitative estimate of drug-likeness (QED) is 0.603. The maximum atomic E-state index is 12.4. The van der Waals surface area contributed by atoms with Crippen molar-refractivity contribution in [3.8, 4) is 0 Å². The van der Waals surface area contributed by atoms with E-state index in [2.05, 4.69) is 34.7 Å². The summed E-state index contributed by atoms with van der Waals surface area (Å²) >= 11 is 0. The Kier molecular flexibility index (Phi) is 10.0. The van der Waals surface area contributed by atoms with Crippen molar-refractivity contribution in [2.45, 2.75) is 78.9 Å². The first-order chi connectivity index (χ1) is 15.3. The van der Waals surface area contributed by atoms with E-state index in [4.69, 9.17) is 0 Å². The summed E-state index contributed by atoms with van der Waals surface area (Å²) in [5.74, 6) is -0.176. The minimum atomic E-state index is -0.176. The maximum Gasteiger partial charge on any atom is 0.271 e. The molecule has 3 N–H and O–H groups in total. The van der Waals surface area contributed by atoms with Gasteiger partial charge in [0.05, 0.1) is 12.1 Å². The lowest BCUT2D eigenvalue weighted by atomic mass is 9.95. The van der Waals surface area contributed by atoms with Crippen LogP contribution in [0.1, 0.15) is 73.1 Å². The zero-order valence-corrected chi connectivity index (χ0v) is 20.7. The number of hydrogen-bond donors (Lipinski definition) is 3. The Hall–Kier alpha value is -2.54. The number of aryl methyl sites for hydroxylation is 2. The predicted molar refractivity (Wildman–Crippen MR) is 133 cm³/mol. The minimum Gasteiger partial charge on any atom is -0.385 e. The number of hydrogen-bond acceptors (Lipinski definition) is 4. The van der Waals surface area contributed by atoms with Crippen molar-refractivity contribution in [2.75, 3.05) is 26.0 Å². The van der Waals surface area contributed by atoms with Crippen LogP contribution in [0.4, 0.5) is 5.69 Å². The van der Waals surface area contributed by atoms with Crippen LogP contribution in [0, 0.1) is 13.8 Å². The summed E-state index contributed by atoms with van der Waals surface area (Å²) in [5.41, 5.74) is 3.78. The van der Waals surface area contributed by atoms with Crippen LogP contribution in [0.3, 0.4) is 0 Å². The minimum absolute atomic E-state index is 0.0802. The number of rotatable bonds is 7. The average molecular weight is 444 g/mol. The molecular weight excluding hydrogens is 402 g/mol. The molecule has 7 heteroatoms. The van der Waals surface area contributed by atoms with Gasteiger partial charge in [-0.1, -0.05) is 25.3 Å². The van der Waals surface area contributed by atoms with E-state index in [1.807, 2.05) is 39.8 Å². The number of benzene rings is 1. The van der Waals surface area contributed by atoms with Crippen LogP contribution in [0.5, 0.6) is 0 Å². The molecule has 1 heterocycles. The van der Waals surface area contributed by atoms with E-state index in [0.717, 1.165) is 29.5 Å². The zero-order chi connectivity index (χ0) is 23.7. The molecule has 0 saturated heterocycles. The predicted octanol–water partition coefficient (Wildman–Crippen LogP) is 4.06. The molecule has 1 aliphatic rings. The molecule has 7 nitrogen and oxygen atoms in total. The van der Waals surface area contributed by atoms with Gasteiger partial charge >= 0.3 is 0 Å². The summed E-state index contributed by atoms with van der Waals surface area (Å²) in [6.07, 6.45) is 7.20. The molecule has 1 aromatic carbocycles. The second-order valence-electron chi connectivity index (χ2n) is 8.71. The molecular formula is C25H41N5O2. The van der Waals surface area contributed by atoms with Crippen molar-refractivity contribution in [3.63, 3.8) is 0 Å². The number of nitrogens with zero attached hydrogens (tertiary/aromatic N) is 2. The third-order valence-electron chi connectivity index (χ3n) is 6.25. The van der Waals surface area contributed by atoms with E-state index in [1.165, 1.54) is 36.8 Å².